The van der Waals surface area contributed by atoms with Crippen LogP contribution in [0.15, 0.2) is 18.2 Å². The van der Waals surface area contributed by atoms with Crippen LogP contribution in [0.4, 0.5) is 5.69 Å². The molecule has 1 aromatic carbocycles. The van der Waals surface area contributed by atoms with Gasteiger partial charge in [-0.05, 0) is 44.0 Å². The van der Waals surface area contributed by atoms with Crippen LogP contribution in [-0.4, -0.2) is 18.8 Å². The van der Waals surface area contributed by atoms with E-state index in [0.29, 0.717) is 12.1 Å². The zero-order chi connectivity index (χ0) is 10.8. The number of rotatable bonds is 2. The second-order valence-electron chi connectivity index (χ2n) is 4.07. The predicted molar refractivity (Wildman–Crippen MR) is 63.6 cm³/mol. The first-order valence-electron chi connectivity index (χ1n) is 5.31. The minimum atomic E-state index is 0.292. The SMILES string of the molecule is Cc1cc(Cl)ccc1NC1CCOC1C. The second kappa shape index (κ2) is 4.42. The summed E-state index contributed by atoms with van der Waals surface area (Å²) in [5, 5.41) is 4.29. The minimum Gasteiger partial charge on any atom is -0.379 e. The van der Waals surface area contributed by atoms with Crippen molar-refractivity contribution in [2.75, 3.05) is 11.9 Å². The molecule has 1 aliphatic heterocycles. The molecule has 0 aliphatic carbocycles. The van der Waals surface area contributed by atoms with Gasteiger partial charge in [0, 0.05) is 17.3 Å². The van der Waals surface area contributed by atoms with Gasteiger partial charge < -0.3 is 10.1 Å². The molecule has 0 spiro atoms. The van der Waals surface area contributed by atoms with E-state index in [1.54, 1.807) is 0 Å². The predicted octanol–water partition coefficient (Wildman–Crippen LogP) is 3.24. The highest BCUT2D eigenvalue weighted by Crippen LogP contribution is 2.23. The average molecular weight is 226 g/mol. The average Bonchev–Trinajstić information content (AvgIpc) is 2.57. The van der Waals surface area contributed by atoms with Crippen LogP contribution < -0.4 is 5.32 Å². The first-order valence-corrected chi connectivity index (χ1v) is 5.69. The third-order valence-corrected chi connectivity index (χ3v) is 3.14. The van der Waals surface area contributed by atoms with Gasteiger partial charge in [0.25, 0.3) is 0 Å². The van der Waals surface area contributed by atoms with E-state index in [-0.39, 0.29) is 0 Å². The van der Waals surface area contributed by atoms with Crippen LogP contribution in [0.5, 0.6) is 0 Å². The molecule has 0 radical (unpaired) electrons. The number of nitrogens with one attached hydrogen (secondary N) is 1. The monoisotopic (exact) mass is 225 g/mol. The first-order chi connectivity index (χ1) is 7.16. The molecule has 2 atom stereocenters. The Bertz CT molecular complexity index is 353. The molecule has 2 nitrogen and oxygen atoms in total. The van der Waals surface area contributed by atoms with Gasteiger partial charge in [-0.15, -0.1) is 0 Å². The number of aryl methyl sites for hydroxylation is 1. The summed E-state index contributed by atoms with van der Waals surface area (Å²) in [5.74, 6) is 0. The van der Waals surface area contributed by atoms with E-state index in [4.69, 9.17) is 16.3 Å². The lowest BCUT2D eigenvalue weighted by molar-refractivity contribution is 0.121. The fourth-order valence-electron chi connectivity index (χ4n) is 1.91. The van der Waals surface area contributed by atoms with Crippen molar-refractivity contribution in [2.24, 2.45) is 0 Å². The molecule has 1 aromatic rings. The van der Waals surface area contributed by atoms with Crippen molar-refractivity contribution >= 4 is 17.3 Å². The van der Waals surface area contributed by atoms with Crippen LogP contribution >= 0.6 is 11.6 Å². The Balaban J connectivity index is 2.10. The molecule has 1 N–H and O–H groups in total. The Kier molecular flexibility index (Phi) is 3.17. The Morgan fingerprint density at radius 1 is 1.47 bits per heavy atom. The third-order valence-electron chi connectivity index (χ3n) is 2.91. The van der Waals surface area contributed by atoms with E-state index in [2.05, 4.69) is 19.2 Å². The maximum absolute atomic E-state index is 5.91. The summed E-state index contributed by atoms with van der Waals surface area (Å²) in [4.78, 5) is 0. The lowest BCUT2D eigenvalue weighted by atomic mass is 10.1. The molecule has 0 aromatic heterocycles. The van der Waals surface area contributed by atoms with Crippen molar-refractivity contribution in [1.29, 1.82) is 0 Å². The lowest BCUT2D eigenvalue weighted by Gasteiger charge is -2.18. The summed E-state index contributed by atoms with van der Waals surface area (Å²) in [6.07, 6.45) is 1.36. The molecule has 1 fully saturated rings. The molecule has 3 heteroatoms. The highest BCUT2D eigenvalue weighted by molar-refractivity contribution is 6.30. The number of benzene rings is 1. The molecular weight excluding hydrogens is 210 g/mol. The van der Waals surface area contributed by atoms with Gasteiger partial charge in [-0.3, -0.25) is 0 Å². The highest BCUT2D eigenvalue weighted by atomic mass is 35.5. The van der Waals surface area contributed by atoms with Gasteiger partial charge in [-0.2, -0.15) is 0 Å². The quantitative estimate of drug-likeness (QED) is 0.835. The van der Waals surface area contributed by atoms with Gasteiger partial charge in [0.2, 0.25) is 0 Å². The number of ether oxygens (including phenoxy) is 1. The van der Waals surface area contributed by atoms with Crippen molar-refractivity contribution < 1.29 is 4.74 Å². The lowest BCUT2D eigenvalue weighted by Crippen LogP contribution is -2.26. The first kappa shape index (κ1) is 10.8. The summed E-state index contributed by atoms with van der Waals surface area (Å²) >= 11 is 5.91. The van der Waals surface area contributed by atoms with Gasteiger partial charge in [-0.25, -0.2) is 0 Å². The molecule has 1 aliphatic rings. The normalized spacial score (nSPS) is 25.5. The summed E-state index contributed by atoms with van der Waals surface area (Å²) in [5.41, 5.74) is 2.34. The van der Waals surface area contributed by atoms with E-state index < -0.39 is 0 Å². The largest absolute Gasteiger partial charge is 0.379 e. The van der Waals surface area contributed by atoms with Crippen molar-refractivity contribution in [1.82, 2.24) is 0 Å². The summed E-state index contributed by atoms with van der Waals surface area (Å²) in [6.45, 7) is 5.02. The molecule has 0 amide bonds. The smallest absolute Gasteiger partial charge is 0.0748 e. The van der Waals surface area contributed by atoms with Crippen LogP contribution in [0.25, 0.3) is 0 Å². The van der Waals surface area contributed by atoms with Crippen molar-refractivity contribution in [2.45, 2.75) is 32.4 Å². The number of anilines is 1. The minimum absolute atomic E-state index is 0.292. The summed E-state index contributed by atoms with van der Waals surface area (Å²) < 4.78 is 5.51. The van der Waals surface area contributed by atoms with Crippen LogP contribution in [-0.2, 0) is 4.74 Å². The fraction of sp³-hybridized carbons (Fsp3) is 0.500. The molecule has 0 saturated carbocycles. The topological polar surface area (TPSA) is 21.3 Å². The fourth-order valence-corrected chi connectivity index (χ4v) is 2.14. The Morgan fingerprint density at radius 2 is 2.27 bits per heavy atom. The van der Waals surface area contributed by atoms with Gasteiger partial charge in [0.1, 0.15) is 0 Å². The molecule has 82 valence electrons. The Labute approximate surface area is 95.6 Å². The summed E-state index contributed by atoms with van der Waals surface area (Å²) in [6, 6.07) is 6.34. The zero-order valence-corrected chi connectivity index (χ0v) is 9.84. The van der Waals surface area contributed by atoms with Gasteiger partial charge >= 0.3 is 0 Å². The molecule has 0 bridgehead atoms. The maximum Gasteiger partial charge on any atom is 0.0748 e. The standard InChI is InChI=1S/C12H16ClNO/c1-8-7-10(13)3-4-11(8)14-12-5-6-15-9(12)2/h3-4,7,9,12,14H,5-6H2,1-2H3. The highest BCUT2D eigenvalue weighted by Gasteiger charge is 2.24. The van der Waals surface area contributed by atoms with Crippen LogP contribution in [0, 0.1) is 6.92 Å². The van der Waals surface area contributed by atoms with Crippen LogP contribution in [0.2, 0.25) is 5.02 Å². The molecule has 2 unspecified atom stereocenters. The van der Waals surface area contributed by atoms with E-state index >= 15 is 0 Å². The third kappa shape index (κ3) is 2.44. The molecule has 15 heavy (non-hydrogen) atoms. The van der Waals surface area contributed by atoms with Crippen molar-refractivity contribution in [3.8, 4) is 0 Å². The van der Waals surface area contributed by atoms with Crippen LogP contribution in [0.3, 0.4) is 0 Å². The van der Waals surface area contributed by atoms with E-state index in [0.717, 1.165) is 23.7 Å². The Morgan fingerprint density at radius 3 is 2.87 bits per heavy atom. The van der Waals surface area contributed by atoms with Gasteiger partial charge in [0.15, 0.2) is 0 Å². The summed E-state index contributed by atoms with van der Waals surface area (Å²) in [7, 11) is 0. The van der Waals surface area contributed by atoms with Gasteiger partial charge in [-0.1, -0.05) is 11.6 Å². The number of hydrogen-bond donors (Lipinski definition) is 1. The van der Waals surface area contributed by atoms with Gasteiger partial charge in [0.05, 0.1) is 12.1 Å². The number of hydrogen-bond acceptors (Lipinski definition) is 2. The molecule has 1 heterocycles. The van der Waals surface area contributed by atoms with E-state index in [1.807, 2.05) is 18.2 Å². The van der Waals surface area contributed by atoms with Crippen molar-refractivity contribution in [3.05, 3.63) is 28.8 Å². The Hall–Kier alpha value is -0.730. The van der Waals surface area contributed by atoms with E-state index in [9.17, 15) is 0 Å². The molecule has 1 saturated heterocycles. The molecular formula is C12H16ClNO. The van der Waals surface area contributed by atoms with Crippen LogP contribution in [0.1, 0.15) is 18.9 Å². The maximum atomic E-state index is 5.91. The number of halogens is 1. The van der Waals surface area contributed by atoms with Crippen molar-refractivity contribution in [3.63, 3.8) is 0 Å². The van der Waals surface area contributed by atoms with E-state index in [1.165, 1.54) is 5.56 Å². The molecule has 2 rings (SSSR count). The second-order valence-corrected chi connectivity index (χ2v) is 4.51. The zero-order valence-electron chi connectivity index (χ0n) is 9.09.